The molecule has 2 aliphatic rings. The molecule has 2 heteroatoms. The molecule has 0 atom stereocenters. The first-order valence-electron chi connectivity index (χ1n) is 8.37. The maximum absolute atomic E-state index is 3.68. The Morgan fingerprint density at radius 1 is 1.15 bits per heavy atom. The Bertz CT molecular complexity index is 445. The molecule has 0 unspecified atom stereocenters. The van der Waals surface area contributed by atoms with Gasteiger partial charge in [-0.3, -0.25) is 0 Å². The van der Waals surface area contributed by atoms with Crippen molar-refractivity contribution in [2.45, 2.75) is 71.0 Å². The first kappa shape index (κ1) is 13.9. The lowest BCUT2D eigenvalue weighted by Gasteiger charge is -2.32. The third-order valence-electron chi connectivity index (χ3n) is 4.81. The van der Waals surface area contributed by atoms with Gasteiger partial charge in [-0.15, -0.1) is 0 Å². The lowest BCUT2D eigenvalue weighted by atomic mass is 10.1. The van der Waals surface area contributed by atoms with E-state index in [9.17, 15) is 0 Å². The summed E-state index contributed by atoms with van der Waals surface area (Å²) in [6.45, 7) is 6.67. The van der Waals surface area contributed by atoms with E-state index in [1.165, 1.54) is 55.3 Å². The summed E-state index contributed by atoms with van der Waals surface area (Å²) in [4.78, 5) is 2.65. The van der Waals surface area contributed by atoms with Gasteiger partial charge in [-0.05, 0) is 51.2 Å². The van der Waals surface area contributed by atoms with E-state index in [1.54, 1.807) is 0 Å². The summed E-state index contributed by atoms with van der Waals surface area (Å²) in [6.07, 6.45) is 8.28. The fourth-order valence-corrected chi connectivity index (χ4v) is 3.52. The molecule has 1 N–H and O–H groups in total. The van der Waals surface area contributed by atoms with Crippen LogP contribution in [0.25, 0.3) is 0 Å². The number of benzene rings is 1. The molecular weight excluding hydrogens is 244 g/mol. The molecular formula is C18H28N2. The highest BCUT2D eigenvalue weighted by Crippen LogP contribution is 2.31. The SMILES string of the molecule is CCN(c1ccc(C)cc1CNC1CC1)C1CCCC1. The molecule has 1 aromatic rings. The third-order valence-corrected chi connectivity index (χ3v) is 4.81. The van der Waals surface area contributed by atoms with Crippen LogP contribution in [0.5, 0.6) is 0 Å². The van der Waals surface area contributed by atoms with E-state index in [1.807, 2.05) is 0 Å². The zero-order valence-electron chi connectivity index (χ0n) is 13.0. The molecule has 0 saturated heterocycles. The summed E-state index contributed by atoms with van der Waals surface area (Å²) in [5.74, 6) is 0. The highest BCUT2D eigenvalue weighted by Gasteiger charge is 2.24. The van der Waals surface area contributed by atoms with Crippen LogP contribution < -0.4 is 10.2 Å². The van der Waals surface area contributed by atoms with Crippen LogP contribution in [-0.4, -0.2) is 18.6 Å². The summed E-state index contributed by atoms with van der Waals surface area (Å²) >= 11 is 0. The molecule has 0 bridgehead atoms. The van der Waals surface area contributed by atoms with Gasteiger partial charge in [0.15, 0.2) is 0 Å². The number of hydrogen-bond acceptors (Lipinski definition) is 2. The summed E-state index contributed by atoms with van der Waals surface area (Å²) in [5, 5.41) is 3.68. The van der Waals surface area contributed by atoms with Crippen molar-refractivity contribution in [2.24, 2.45) is 0 Å². The molecule has 0 aliphatic heterocycles. The molecule has 1 aromatic carbocycles. The van der Waals surface area contributed by atoms with Crippen LogP contribution in [0.1, 0.15) is 56.6 Å². The number of hydrogen-bond donors (Lipinski definition) is 1. The van der Waals surface area contributed by atoms with E-state index in [4.69, 9.17) is 0 Å². The maximum Gasteiger partial charge on any atom is 0.0414 e. The predicted octanol–water partition coefficient (Wildman–Crippen LogP) is 4.02. The average Bonchev–Trinajstić information content (AvgIpc) is 3.13. The van der Waals surface area contributed by atoms with Crippen molar-refractivity contribution in [1.82, 2.24) is 5.32 Å². The normalized spacial score (nSPS) is 19.5. The Labute approximate surface area is 123 Å². The summed E-state index contributed by atoms with van der Waals surface area (Å²) in [7, 11) is 0. The fraction of sp³-hybridized carbons (Fsp3) is 0.667. The number of aryl methyl sites for hydroxylation is 1. The minimum atomic E-state index is 0.766. The molecule has 0 heterocycles. The van der Waals surface area contributed by atoms with Gasteiger partial charge in [0, 0.05) is 30.9 Å². The number of nitrogens with zero attached hydrogens (tertiary/aromatic N) is 1. The Kier molecular flexibility index (Phi) is 4.30. The summed E-state index contributed by atoms with van der Waals surface area (Å²) in [5.41, 5.74) is 4.34. The zero-order chi connectivity index (χ0) is 13.9. The van der Waals surface area contributed by atoms with Crippen LogP contribution in [0.4, 0.5) is 5.69 Å². The Morgan fingerprint density at radius 2 is 1.90 bits per heavy atom. The molecule has 0 amide bonds. The molecule has 0 spiro atoms. The molecule has 0 radical (unpaired) electrons. The quantitative estimate of drug-likeness (QED) is 0.841. The first-order chi connectivity index (χ1) is 9.78. The maximum atomic E-state index is 3.68. The van der Waals surface area contributed by atoms with Crippen LogP contribution in [0.3, 0.4) is 0 Å². The summed E-state index contributed by atoms with van der Waals surface area (Å²) in [6, 6.07) is 8.55. The molecule has 0 aromatic heterocycles. The van der Waals surface area contributed by atoms with Gasteiger partial charge in [-0.2, -0.15) is 0 Å². The Morgan fingerprint density at radius 3 is 2.55 bits per heavy atom. The predicted molar refractivity (Wildman–Crippen MR) is 86.3 cm³/mol. The fourth-order valence-electron chi connectivity index (χ4n) is 3.52. The van der Waals surface area contributed by atoms with Gasteiger partial charge >= 0.3 is 0 Å². The molecule has 2 saturated carbocycles. The lowest BCUT2D eigenvalue weighted by molar-refractivity contribution is 0.612. The molecule has 110 valence electrons. The van der Waals surface area contributed by atoms with Gasteiger partial charge in [0.25, 0.3) is 0 Å². The zero-order valence-corrected chi connectivity index (χ0v) is 13.0. The van der Waals surface area contributed by atoms with Gasteiger partial charge in [-0.1, -0.05) is 30.5 Å². The van der Waals surface area contributed by atoms with E-state index in [0.29, 0.717) is 0 Å². The first-order valence-corrected chi connectivity index (χ1v) is 8.37. The molecule has 3 rings (SSSR count). The van der Waals surface area contributed by atoms with Crippen molar-refractivity contribution in [1.29, 1.82) is 0 Å². The number of rotatable bonds is 6. The van der Waals surface area contributed by atoms with Crippen molar-refractivity contribution in [3.05, 3.63) is 29.3 Å². The van der Waals surface area contributed by atoms with Crippen molar-refractivity contribution in [3.63, 3.8) is 0 Å². The molecule has 2 aliphatic carbocycles. The minimum absolute atomic E-state index is 0.766. The van der Waals surface area contributed by atoms with E-state index in [0.717, 1.165) is 25.2 Å². The lowest BCUT2D eigenvalue weighted by Crippen LogP contribution is -2.34. The highest BCUT2D eigenvalue weighted by atomic mass is 15.2. The van der Waals surface area contributed by atoms with E-state index < -0.39 is 0 Å². The summed E-state index contributed by atoms with van der Waals surface area (Å²) < 4.78 is 0. The third kappa shape index (κ3) is 3.17. The average molecular weight is 272 g/mol. The number of anilines is 1. The van der Waals surface area contributed by atoms with E-state index >= 15 is 0 Å². The van der Waals surface area contributed by atoms with Gasteiger partial charge in [-0.25, -0.2) is 0 Å². The van der Waals surface area contributed by atoms with Crippen molar-refractivity contribution >= 4 is 5.69 Å². The monoisotopic (exact) mass is 272 g/mol. The van der Waals surface area contributed by atoms with E-state index in [2.05, 4.69) is 42.3 Å². The highest BCUT2D eigenvalue weighted by molar-refractivity contribution is 5.56. The molecule has 20 heavy (non-hydrogen) atoms. The molecule has 2 fully saturated rings. The second-order valence-corrected chi connectivity index (χ2v) is 6.51. The van der Waals surface area contributed by atoms with Gasteiger partial charge < -0.3 is 10.2 Å². The van der Waals surface area contributed by atoms with Crippen molar-refractivity contribution in [3.8, 4) is 0 Å². The van der Waals surface area contributed by atoms with Crippen LogP contribution in [-0.2, 0) is 6.54 Å². The Balaban J connectivity index is 1.80. The second-order valence-electron chi connectivity index (χ2n) is 6.51. The van der Waals surface area contributed by atoms with E-state index in [-0.39, 0.29) is 0 Å². The van der Waals surface area contributed by atoms with Crippen LogP contribution in [0.15, 0.2) is 18.2 Å². The molecule has 2 nitrogen and oxygen atoms in total. The van der Waals surface area contributed by atoms with Gasteiger partial charge in [0.05, 0.1) is 0 Å². The van der Waals surface area contributed by atoms with Crippen molar-refractivity contribution in [2.75, 3.05) is 11.4 Å². The topological polar surface area (TPSA) is 15.3 Å². The Hall–Kier alpha value is -1.02. The number of nitrogens with one attached hydrogen (secondary N) is 1. The van der Waals surface area contributed by atoms with Gasteiger partial charge in [0.2, 0.25) is 0 Å². The smallest absolute Gasteiger partial charge is 0.0414 e. The largest absolute Gasteiger partial charge is 0.369 e. The van der Waals surface area contributed by atoms with Crippen LogP contribution in [0, 0.1) is 6.92 Å². The second kappa shape index (κ2) is 6.17. The van der Waals surface area contributed by atoms with Crippen molar-refractivity contribution < 1.29 is 0 Å². The standard InChI is InChI=1S/C18H28N2/c1-3-20(17-6-4-5-7-17)18-11-8-14(2)12-15(18)13-19-16-9-10-16/h8,11-12,16-17,19H,3-7,9-10,13H2,1-2H3. The minimum Gasteiger partial charge on any atom is -0.369 e. The van der Waals surface area contributed by atoms with Crippen LogP contribution in [0.2, 0.25) is 0 Å². The van der Waals surface area contributed by atoms with Crippen LogP contribution >= 0.6 is 0 Å². The van der Waals surface area contributed by atoms with Gasteiger partial charge in [0.1, 0.15) is 0 Å².